The zero-order chi connectivity index (χ0) is 32.6. The molecule has 3 aromatic rings. The van der Waals surface area contributed by atoms with Crippen molar-refractivity contribution < 1.29 is 123 Å². The fourth-order valence-electron chi connectivity index (χ4n) is 5.78. The Kier molecular flexibility index (Phi) is 12.1. The molecule has 0 fully saturated rings. The Hall–Kier alpha value is -3.67. The van der Waals surface area contributed by atoms with Crippen molar-refractivity contribution in [2.24, 2.45) is 0 Å². The summed E-state index contributed by atoms with van der Waals surface area (Å²) in [5.74, 6) is -7.04. The molecule has 5 rings (SSSR count). The van der Waals surface area contributed by atoms with Crippen LogP contribution >= 0.6 is 0 Å². The van der Waals surface area contributed by atoms with Gasteiger partial charge in [-0.2, -0.15) is 0 Å². The van der Waals surface area contributed by atoms with Crippen molar-refractivity contribution in [1.82, 2.24) is 9.80 Å². The van der Waals surface area contributed by atoms with E-state index >= 15 is 0 Å². The Labute approximate surface area is 310 Å². The summed E-state index contributed by atoms with van der Waals surface area (Å²) >= 11 is 0. The molecule has 47 heavy (non-hydrogen) atoms. The minimum atomic E-state index is -1.72. The molecule has 4 N–H and O–H groups in total. The number of benzene rings is 3. The second kappa shape index (κ2) is 15.0. The average Bonchev–Trinajstić information content (AvgIpc) is 3.20. The van der Waals surface area contributed by atoms with E-state index in [9.17, 15) is 54.6 Å². The molecule has 3 aromatic carbocycles. The second-order valence-corrected chi connectivity index (χ2v) is 10.5. The van der Waals surface area contributed by atoms with E-state index in [1.165, 1.54) is 48.5 Å². The molecule has 0 amide bonds. The zero-order valence-corrected chi connectivity index (χ0v) is 29.2. The quantitative estimate of drug-likeness (QED) is 0.104. The molecule has 1 spiro atoms. The third-order valence-corrected chi connectivity index (χ3v) is 7.35. The van der Waals surface area contributed by atoms with Gasteiger partial charge in [-0.15, -0.1) is 0 Å². The van der Waals surface area contributed by atoms with E-state index in [-0.39, 0.29) is 122 Å². The maximum atomic E-state index is 13.9. The predicted molar refractivity (Wildman–Crippen MR) is 144 cm³/mol. The van der Waals surface area contributed by atoms with Crippen LogP contribution in [0.25, 0.3) is 0 Å². The maximum absolute atomic E-state index is 13.9. The minimum absolute atomic E-state index is 0. The van der Waals surface area contributed by atoms with Crippen molar-refractivity contribution in [2.75, 3.05) is 26.2 Å². The number of carbonyl (C=O) groups is 5. The van der Waals surface area contributed by atoms with E-state index in [0.29, 0.717) is 0 Å². The van der Waals surface area contributed by atoms with Gasteiger partial charge in [0.1, 0.15) is 23.0 Å². The van der Waals surface area contributed by atoms with Crippen molar-refractivity contribution in [3.63, 3.8) is 0 Å². The van der Waals surface area contributed by atoms with Crippen molar-refractivity contribution in [1.29, 1.82) is 0 Å². The summed E-state index contributed by atoms with van der Waals surface area (Å²) in [5, 5.41) is 62.1. The zero-order valence-electron chi connectivity index (χ0n) is 25.2. The van der Waals surface area contributed by atoms with E-state index in [1.807, 2.05) is 0 Å². The first-order chi connectivity index (χ1) is 21.3. The molecule has 2 heterocycles. The van der Waals surface area contributed by atoms with Crippen molar-refractivity contribution >= 4 is 29.8 Å². The Morgan fingerprint density at radius 3 is 1.64 bits per heavy atom. The molecule has 0 bridgehead atoms. The predicted octanol–water partition coefficient (Wildman–Crippen LogP) is -7.05. The van der Waals surface area contributed by atoms with Crippen LogP contribution in [0.1, 0.15) is 38.2 Å². The van der Waals surface area contributed by atoms with E-state index in [2.05, 4.69) is 0 Å². The van der Waals surface area contributed by atoms with Gasteiger partial charge in [0.05, 0.1) is 30.6 Å². The molecule has 0 aliphatic carbocycles. The number of phenols is 2. The summed E-state index contributed by atoms with van der Waals surface area (Å²) in [4.78, 5) is 61.9. The topological polar surface area (TPSA) is 237 Å². The standard InChI is InChI=1S/C30H26N2O13.2Na/c33-16-2-5-19-22(7-16)44-23-8-17(34)3-6-20(23)30(19)21-4-1-15(9-31(11-24(35)36)12-25(37)38)18(28(21)29(43)45-30)10-32(13-26(39)40)14-27(41)42;;/h1-8,33-34H,9-14H2,(H,35,36)(H,37,38)(H,39,40)(H,41,42);;/q;2*+1/p-2. The van der Waals surface area contributed by atoms with Gasteiger partial charge in [-0.3, -0.25) is 19.4 Å². The third kappa shape index (κ3) is 7.74. The molecule has 0 saturated carbocycles. The number of rotatable bonds is 12. The van der Waals surface area contributed by atoms with Gasteiger partial charge in [0.2, 0.25) is 0 Å². The van der Waals surface area contributed by atoms with Crippen LogP contribution in [0, 0.1) is 0 Å². The normalized spacial score (nSPS) is 13.4. The summed E-state index contributed by atoms with van der Waals surface area (Å²) < 4.78 is 12.0. The van der Waals surface area contributed by atoms with Gasteiger partial charge < -0.3 is 49.7 Å². The molecular weight excluding hydrogens is 642 g/mol. The number of hydrogen-bond acceptors (Lipinski definition) is 13. The largest absolute Gasteiger partial charge is 1.00 e. The molecule has 2 aliphatic heterocycles. The van der Waals surface area contributed by atoms with Crippen LogP contribution in [0.5, 0.6) is 23.0 Å². The summed E-state index contributed by atoms with van der Waals surface area (Å²) in [6.07, 6.45) is 0. The molecule has 2 aliphatic rings. The van der Waals surface area contributed by atoms with Crippen LogP contribution in [-0.2, 0) is 42.6 Å². The Bertz CT molecular complexity index is 1680. The summed E-state index contributed by atoms with van der Waals surface area (Å²) in [7, 11) is 0. The van der Waals surface area contributed by atoms with Gasteiger partial charge in [-0.05, 0) is 35.4 Å². The average molecular weight is 667 g/mol. The van der Waals surface area contributed by atoms with Gasteiger partial charge in [-0.25, -0.2) is 4.79 Å². The summed E-state index contributed by atoms with van der Waals surface area (Å²) in [6.45, 7) is -4.02. The number of carboxylic acids is 4. The number of hydrogen-bond donors (Lipinski definition) is 4. The number of carboxylic acid groups (broad SMARTS) is 4. The fraction of sp³-hybridized carbons (Fsp3) is 0.233. The van der Waals surface area contributed by atoms with Gasteiger partial charge in [-0.1, -0.05) is 12.1 Å². The van der Waals surface area contributed by atoms with E-state index in [0.717, 1.165) is 9.80 Å². The van der Waals surface area contributed by atoms with Crippen LogP contribution in [0.15, 0.2) is 48.5 Å². The first-order valence-electron chi connectivity index (χ1n) is 13.3. The second-order valence-electron chi connectivity index (χ2n) is 10.5. The number of aliphatic carboxylic acids is 4. The molecule has 0 atom stereocenters. The first-order valence-corrected chi connectivity index (χ1v) is 13.3. The van der Waals surface area contributed by atoms with Crippen molar-refractivity contribution in [2.45, 2.75) is 18.7 Å². The van der Waals surface area contributed by atoms with Crippen LogP contribution < -0.4 is 74.1 Å². The molecule has 0 saturated heterocycles. The smallest absolute Gasteiger partial charge is 0.549 e. The molecule has 17 heteroatoms. The van der Waals surface area contributed by atoms with Crippen LogP contribution in [0.4, 0.5) is 0 Å². The minimum Gasteiger partial charge on any atom is -0.549 e. The number of phenolic OH excluding ortho intramolecular Hbond substituents is 2. The van der Waals surface area contributed by atoms with Crippen LogP contribution in [-0.4, -0.2) is 86.3 Å². The van der Waals surface area contributed by atoms with E-state index in [4.69, 9.17) is 9.47 Å². The van der Waals surface area contributed by atoms with Gasteiger partial charge >= 0.3 is 77.0 Å². The Balaban J connectivity index is 0.00000300. The Morgan fingerprint density at radius 1 is 0.702 bits per heavy atom. The molecular formula is C30H24N2Na2O13. The number of nitrogens with zero attached hydrogens (tertiary/aromatic N) is 2. The van der Waals surface area contributed by atoms with E-state index in [1.54, 1.807) is 0 Å². The van der Waals surface area contributed by atoms with E-state index < -0.39 is 68.2 Å². The molecule has 0 aromatic heterocycles. The van der Waals surface area contributed by atoms with Gasteiger partial charge in [0.15, 0.2) is 5.60 Å². The number of carbonyl (C=O) groups excluding carboxylic acids is 3. The number of ether oxygens (including phenoxy) is 2. The number of fused-ring (bicyclic) bond motifs is 6. The molecule has 234 valence electrons. The molecule has 15 nitrogen and oxygen atoms in total. The third-order valence-electron chi connectivity index (χ3n) is 7.35. The molecule has 0 radical (unpaired) electrons. The maximum Gasteiger partial charge on any atom is 1.00 e. The number of aromatic hydroxyl groups is 2. The summed E-state index contributed by atoms with van der Waals surface area (Å²) in [5.41, 5.74) is -0.828. The van der Waals surface area contributed by atoms with Crippen molar-refractivity contribution in [3.05, 3.63) is 81.9 Å². The van der Waals surface area contributed by atoms with Gasteiger partial charge in [0.25, 0.3) is 0 Å². The van der Waals surface area contributed by atoms with Crippen LogP contribution in [0.2, 0.25) is 0 Å². The number of esters is 1. The van der Waals surface area contributed by atoms with Gasteiger partial charge in [0, 0.05) is 55.0 Å². The monoisotopic (exact) mass is 666 g/mol. The first kappa shape index (κ1) is 37.8. The molecule has 0 unspecified atom stereocenters. The Morgan fingerprint density at radius 2 is 1.17 bits per heavy atom. The van der Waals surface area contributed by atoms with Crippen molar-refractivity contribution in [3.8, 4) is 23.0 Å². The fourth-order valence-corrected chi connectivity index (χ4v) is 5.78. The summed E-state index contributed by atoms with van der Waals surface area (Å²) in [6, 6.07) is 11.2. The van der Waals surface area contributed by atoms with Crippen LogP contribution in [0.3, 0.4) is 0 Å². The SMILES string of the molecule is O=C([O-])CN(CC(=O)[O-])Cc1c(CN(CC(=O)O)CC(=O)O)ccc2c1C(=O)OC21c2ccc(O)cc2Oc2cc(O)ccc21.[Na+].[Na+].